The molecule has 1 fully saturated rings. The lowest BCUT2D eigenvalue weighted by Crippen LogP contribution is -2.34. The number of pyridine rings is 2. The molecule has 0 radical (unpaired) electrons. The lowest BCUT2D eigenvalue weighted by atomic mass is 9.96. The second kappa shape index (κ2) is 9.33. The summed E-state index contributed by atoms with van der Waals surface area (Å²) in [5.74, 6) is 2.84. The molecule has 5 aromatic heterocycles. The van der Waals surface area contributed by atoms with Crippen LogP contribution >= 0.6 is 0 Å². The predicted octanol–water partition coefficient (Wildman–Crippen LogP) is 3.49. The molecular formula is C25H27N11. The zero-order valence-electron chi connectivity index (χ0n) is 20.3. The maximum absolute atomic E-state index is 4.65. The van der Waals surface area contributed by atoms with Crippen molar-refractivity contribution in [2.75, 3.05) is 23.3 Å². The van der Waals surface area contributed by atoms with Gasteiger partial charge in [-0.15, -0.1) is 10.2 Å². The highest BCUT2D eigenvalue weighted by atomic mass is 15.3. The summed E-state index contributed by atoms with van der Waals surface area (Å²) in [6, 6.07) is 7.93. The molecule has 6 heterocycles. The number of fused-ring (bicyclic) bond motifs is 1. The Balaban J connectivity index is 1.19. The van der Waals surface area contributed by atoms with Crippen LogP contribution in [0.1, 0.15) is 42.8 Å². The number of aromatic nitrogens is 9. The van der Waals surface area contributed by atoms with E-state index in [0.29, 0.717) is 5.92 Å². The molecule has 0 amide bonds. The van der Waals surface area contributed by atoms with Gasteiger partial charge in [-0.25, -0.2) is 24.6 Å². The van der Waals surface area contributed by atoms with E-state index in [1.54, 1.807) is 11.0 Å². The maximum Gasteiger partial charge on any atom is 0.225 e. The Morgan fingerprint density at radius 1 is 1.03 bits per heavy atom. The number of nitrogens with zero attached hydrogens (tertiary/aromatic N) is 10. The molecule has 0 atom stereocenters. The molecule has 0 aliphatic carbocycles. The quantitative estimate of drug-likeness (QED) is 0.389. The second-order valence-corrected chi connectivity index (χ2v) is 8.95. The van der Waals surface area contributed by atoms with E-state index >= 15 is 0 Å². The van der Waals surface area contributed by atoms with Crippen LogP contribution < -0.4 is 10.2 Å². The normalized spacial score (nSPS) is 14.4. The van der Waals surface area contributed by atoms with Crippen LogP contribution in [-0.4, -0.2) is 57.4 Å². The van der Waals surface area contributed by atoms with Crippen LogP contribution in [0.2, 0.25) is 0 Å². The Bertz CT molecular complexity index is 1470. The molecule has 1 aliphatic heterocycles. The van der Waals surface area contributed by atoms with E-state index in [1.807, 2.05) is 49.8 Å². The molecule has 0 spiro atoms. The minimum atomic E-state index is 0.326. The second-order valence-electron chi connectivity index (χ2n) is 8.95. The van der Waals surface area contributed by atoms with Crippen molar-refractivity contribution in [3.63, 3.8) is 0 Å². The molecule has 0 saturated carbocycles. The molecule has 5 aromatic rings. The first-order valence-corrected chi connectivity index (χ1v) is 12.2. The third kappa shape index (κ3) is 4.12. The first kappa shape index (κ1) is 22.1. The van der Waals surface area contributed by atoms with Crippen LogP contribution in [0.3, 0.4) is 0 Å². The third-order valence-corrected chi connectivity index (χ3v) is 6.70. The molecule has 0 aromatic carbocycles. The number of hydrogen-bond donors (Lipinski definition) is 1. The maximum atomic E-state index is 4.65. The van der Waals surface area contributed by atoms with Crippen LogP contribution in [0.5, 0.6) is 0 Å². The monoisotopic (exact) mass is 481 g/mol. The Kier molecular flexibility index (Phi) is 5.72. The first-order chi connectivity index (χ1) is 17.7. The van der Waals surface area contributed by atoms with Crippen molar-refractivity contribution in [3.8, 4) is 5.82 Å². The van der Waals surface area contributed by atoms with Crippen molar-refractivity contribution < 1.29 is 0 Å². The zero-order valence-corrected chi connectivity index (χ0v) is 20.3. The number of hydrogen-bond acceptors (Lipinski definition) is 9. The molecule has 1 aliphatic rings. The van der Waals surface area contributed by atoms with Crippen LogP contribution in [0.25, 0.3) is 11.5 Å². The van der Waals surface area contributed by atoms with E-state index in [4.69, 9.17) is 0 Å². The van der Waals surface area contributed by atoms with Crippen LogP contribution in [-0.2, 0) is 6.42 Å². The van der Waals surface area contributed by atoms with Crippen LogP contribution in [0.15, 0.2) is 55.5 Å². The minimum Gasteiger partial charge on any atom is -0.351 e. The zero-order chi connectivity index (χ0) is 24.5. The number of piperidine rings is 1. The van der Waals surface area contributed by atoms with Gasteiger partial charge in [0, 0.05) is 37.6 Å². The van der Waals surface area contributed by atoms with Crippen LogP contribution in [0, 0.1) is 6.92 Å². The van der Waals surface area contributed by atoms with E-state index in [9.17, 15) is 0 Å². The van der Waals surface area contributed by atoms with Gasteiger partial charge in [-0.2, -0.15) is 5.10 Å². The van der Waals surface area contributed by atoms with Crippen molar-refractivity contribution in [3.05, 3.63) is 72.6 Å². The molecule has 0 bridgehead atoms. The molecule has 6 rings (SSSR count). The highest BCUT2D eigenvalue weighted by Gasteiger charge is 2.26. The largest absolute Gasteiger partial charge is 0.351 e. The van der Waals surface area contributed by atoms with Crippen molar-refractivity contribution in [2.24, 2.45) is 0 Å². The number of aryl methyl sites for hydroxylation is 2. The first-order valence-electron chi connectivity index (χ1n) is 12.2. The molecule has 1 saturated heterocycles. The van der Waals surface area contributed by atoms with Gasteiger partial charge in [0.05, 0.1) is 17.1 Å². The van der Waals surface area contributed by atoms with Gasteiger partial charge in [-0.3, -0.25) is 4.40 Å². The van der Waals surface area contributed by atoms with Crippen molar-refractivity contribution >= 4 is 23.0 Å². The van der Waals surface area contributed by atoms with Crippen molar-refractivity contribution in [2.45, 2.75) is 39.0 Å². The molecule has 1 N–H and O–H groups in total. The van der Waals surface area contributed by atoms with E-state index in [-0.39, 0.29) is 0 Å². The smallest absolute Gasteiger partial charge is 0.225 e. The lowest BCUT2D eigenvalue weighted by molar-refractivity contribution is 0.477. The summed E-state index contributed by atoms with van der Waals surface area (Å²) in [6.07, 6.45) is 11.9. The highest BCUT2D eigenvalue weighted by Crippen LogP contribution is 2.31. The molecule has 36 heavy (non-hydrogen) atoms. The summed E-state index contributed by atoms with van der Waals surface area (Å²) < 4.78 is 3.74. The van der Waals surface area contributed by atoms with Crippen molar-refractivity contribution in [1.29, 1.82) is 0 Å². The van der Waals surface area contributed by atoms with Gasteiger partial charge < -0.3 is 10.2 Å². The van der Waals surface area contributed by atoms with Gasteiger partial charge in [-0.05, 0) is 56.0 Å². The van der Waals surface area contributed by atoms with E-state index in [2.05, 4.69) is 56.8 Å². The van der Waals surface area contributed by atoms with E-state index in [0.717, 1.165) is 78.2 Å². The molecular weight excluding hydrogens is 454 g/mol. The Morgan fingerprint density at radius 2 is 1.86 bits per heavy atom. The average molecular weight is 482 g/mol. The Hall–Kier alpha value is -4.41. The summed E-state index contributed by atoms with van der Waals surface area (Å²) in [7, 11) is 0. The van der Waals surface area contributed by atoms with Crippen LogP contribution in [0.4, 0.5) is 17.3 Å². The van der Waals surface area contributed by atoms with Gasteiger partial charge in [0.15, 0.2) is 11.5 Å². The van der Waals surface area contributed by atoms with Gasteiger partial charge in [0.2, 0.25) is 5.95 Å². The summed E-state index contributed by atoms with van der Waals surface area (Å²) >= 11 is 0. The average Bonchev–Trinajstić information content (AvgIpc) is 3.61. The topological polar surface area (TPSA) is 115 Å². The minimum absolute atomic E-state index is 0.326. The highest BCUT2D eigenvalue weighted by molar-refractivity contribution is 5.74. The standard InChI is InChI=1S/C25H27N11/c1-3-18-13-27-25(28-14-18)34-11-8-19(9-12-34)23-32-33-24-21(5-4-10-35(23)24)31-20-6-7-22(30-17(20)2)36-16-26-15-29-36/h4-7,10,13-16,19,31H,3,8-9,11-12H2,1-2H3. The van der Waals surface area contributed by atoms with Gasteiger partial charge >= 0.3 is 0 Å². The lowest BCUT2D eigenvalue weighted by Gasteiger charge is -2.31. The number of nitrogens with one attached hydrogen (secondary N) is 1. The summed E-state index contributed by atoms with van der Waals surface area (Å²) in [5, 5.41) is 16.8. The summed E-state index contributed by atoms with van der Waals surface area (Å²) in [5.41, 5.74) is 4.60. The summed E-state index contributed by atoms with van der Waals surface area (Å²) in [6.45, 7) is 5.87. The molecule has 11 nitrogen and oxygen atoms in total. The van der Waals surface area contributed by atoms with E-state index < -0.39 is 0 Å². The van der Waals surface area contributed by atoms with Gasteiger partial charge in [0.1, 0.15) is 18.5 Å². The molecule has 182 valence electrons. The fourth-order valence-electron chi connectivity index (χ4n) is 4.62. The SMILES string of the molecule is CCc1cnc(N2CCC(c3nnc4c(Nc5ccc(-n6cncn6)nc5C)cccn34)CC2)nc1. The molecule has 11 heteroatoms. The molecule has 0 unspecified atom stereocenters. The number of anilines is 3. The van der Waals surface area contributed by atoms with Gasteiger partial charge in [-0.1, -0.05) is 6.92 Å². The third-order valence-electron chi connectivity index (χ3n) is 6.70. The predicted molar refractivity (Wildman–Crippen MR) is 136 cm³/mol. The van der Waals surface area contributed by atoms with E-state index in [1.165, 1.54) is 6.33 Å². The van der Waals surface area contributed by atoms with Gasteiger partial charge in [0.25, 0.3) is 0 Å². The fraction of sp³-hybridized carbons (Fsp3) is 0.320. The fourth-order valence-corrected chi connectivity index (χ4v) is 4.62. The Labute approximate surface area is 208 Å². The summed E-state index contributed by atoms with van der Waals surface area (Å²) in [4.78, 5) is 20.0. The van der Waals surface area contributed by atoms with Crippen molar-refractivity contribution in [1.82, 2.24) is 44.3 Å². The Morgan fingerprint density at radius 3 is 2.58 bits per heavy atom. The number of rotatable bonds is 6.